The second-order valence-electron chi connectivity index (χ2n) is 4.51. The predicted octanol–water partition coefficient (Wildman–Crippen LogP) is 3.87. The predicted molar refractivity (Wildman–Crippen MR) is 74.3 cm³/mol. The molecule has 1 aromatic carbocycles. The number of nitrogens with zero attached hydrogens (tertiary/aromatic N) is 1. The monoisotopic (exact) mass is 273 g/mol. The van der Waals surface area contributed by atoms with E-state index in [4.69, 9.17) is 16.0 Å². The summed E-state index contributed by atoms with van der Waals surface area (Å²) in [6, 6.07) is 9.19. The van der Waals surface area contributed by atoms with Crippen molar-refractivity contribution in [2.75, 3.05) is 0 Å². The van der Waals surface area contributed by atoms with E-state index >= 15 is 0 Å². The Bertz CT molecular complexity index is 736. The van der Waals surface area contributed by atoms with Crippen molar-refractivity contribution < 1.29 is 9.52 Å². The molecule has 4 heteroatoms. The van der Waals surface area contributed by atoms with Crippen LogP contribution in [0.3, 0.4) is 0 Å². The van der Waals surface area contributed by atoms with Gasteiger partial charge in [0.1, 0.15) is 11.9 Å². The van der Waals surface area contributed by atoms with Gasteiger partial charge in [-0.15, -0.1) is 0 Å². The molecule has 0 radical (unpaired) electrons. The van der Waals surface area contributed by atoms with E-state index in [0.717, 1.165) is 10.9 Å². The van der Waals surface area contributed by atoms with E-state index in [1.807, 2.05) is 25.1 Å². The Kier molecular flexibility index (Phi) is 3.01. The number of furan rings is 1. The Morgan fingerprint density at radius 2 is 2.11 bits per heavy atom. The van der Waals surface area contributed by atoms with E-state index in [1.54, 1.807) is 24.5 Å². The zero-order valence-electron chi connectivity index (χ0n) is 10.3. The Morgan fingerprint density at radius 3 is 2.84 bits per heavy atom. The average Bonchev–Trinajstić information content (AvgIpc) is 2.83. The molecule has 0 aliphatic carbocycles. The summed E-state index contributed by atoms with van der Waals surface area (Å²) in [5.41, 5.74) is 2.29. The van der Waals surface area contributed by atoms with E-state index in [1.165, 1.54) is 0 Å². The van der Waals surface area contributed by atoms with Crippen LogP contribution in [0.5, 0.6) is 0 Å². The van der Waals surface area contributed by atoms with Crippen molar-refractivity contribution in [1.82, 2.24) is 4.98 Å². The largest absolute Gasteiger partial charge is 0.456 e. The van der Waals surface area contributed by atoms with Gasteiger partial charge >= 0.3 is 0 Å². The lowest BCUT2D eigenvalue weighted by Gasteiger charge is -2.07. The van der Waals surface area contributed by atoms with Crippen LogP contribution in [0.2, 0.25) is 5.02 Å². The van der Waals surface area contributed by atoms with Gasteiger partial charge in [0.15, 0.2) is 5.58 Å². The van der Waals surface area contributed by atoms with Crippen LogP contribution in [-0.2, 0) is 0 Å². The fourth-order valence-corrected chi connectivity index (χ4v) is 2.29. The third-order valence-corrected chi connectivity index (χ3v) is 3.29. The normalized spacial score (nSPS) is 12.8. The van der Waals surface area contributed by atoms with Gasteiger partial charge in [-0.1, -0.05) is 23.7 Å². The van der Waals surface area contributed by atoms with Crippen molar-refractivity contribution in [2.45, 2.75) is 13.0 Å². The van der Waals surface area contributed by atoms with Gasteiger partial charge < -0.3 is 9.52 Å². The number of hydrogen-bond acceptors (Lipinski definition) is 3. The van der Waals surface area contributed by atoms with Crippen LogP contribution in [0, 0.1) is 6.92 Å². The summed E-state index contributed by atoms with van der Waals surface area (Å²) in [6.45, 7) is 1.93. The zero-order valence-corrected chi connectivity index (χ0v) is 11.1. The van der Waals surface area contributed by atoms with Crippen LogP contribution in [-0.4, -0.2) is 10.1 Å². The second kappa shape index (κ2) is 4.68. The molecule has 96 valence electrons. The maximum absolute atomic E-state index is 10.3. The molecule has 0 aliphatic rings. The maximum atomic E-state index is 10.3. The number of aryl methyl sites for hydroxylation is 1. The number of fused-ring (bicyclic) bond motifs is 1. The molecule has 0 bridgehead atoms. The summed E-state index contributed by atoms with van der Waals surface area (Å²) in [5, 5.41) is 11.7. The Labute approximate surface area is 115 Å². The lowest BCUT2D eigenvalue weighted by atomic mass is 10.1. The third kappa shape index (κ3) is 2.23. The number of para-hydroxylation sites is 1. The number of hydrogen-bond donors (Lipinski definition) is 1. The first kappa shape index (κ1) is 12.2. The van der Waals surface area contributed by atoms with Crippen molar-refractivity contribution in [3.63, 3.8) is 0 Å². The highest BCUT2D eigenvalue weighted by molar-refractivity contribution is 6.34. The molecular formula is C15H12ClNO2. The molecule has 0 saturated carbocycles. The highest BCUT2D eigenvalue weighted by atomic mass is 35.5. The van der Waals surface area contributed by atoms with Gasteiger partial charge in [-0.2, -0.15) is 0 Å². The number of halogens is 1. The quantitative estimate of drug-likeness (QED) is 0.771. The van der Waals surface area contributed by atoms with Gasteiger partial charge in [0.05, 0.1) is 5.02 Å². The van der Waals surface area contributed by atoms with Crippen LogP contribution in [0.15, 0.2) is 47.1 Å². The van der Waals surface area contributed by atoms with Crippen molar-refractivity contribution in [2.24, 2.45) is 0 Å². The summed E-state index contributed by atoms with van der Waals surface area (Å²) in [4.78, 5) is 4.07. The minimum Gasteiger partial charge on any atom is -0.456 e. The molecule has 0 spiro atoms. The first-order valence-corrected chi connectivity index (χ1v) is 6.30. The molecule has 2 heterocycles. The first-order chi connectivity index (χ1) is 9.15. The van der Waals surface area contributed by atoms with E-state index in [0.29, 0.717) is 21.9 Å². The van der Waals surface area contributed by atoms with Gasteiger partial charge in [-0.05, 0) is 30.7 Å². The summed E-state index contributed by atoms with van der Waals surface area (Å²) in [5.74, 6) is 0.468. The highest BCUT2D eigenvalue weighted by Gasteiger charge is 2.17. The fraction of sp³-hybridized carbons (Fsp3) is 0.133. The van der Waals surface area contributed by atoms with Crippen LogP contribution < -0.4 is 0 Å². The number of rotatable bonds is 2. The summed E-state index contributed by atoms with van der Waals surface area (Å²) in [6.07, 6.45) is 2.54. The van der Waals surface area contributed by atoms with Crippen LogP contribution >= 0.6 is 11.6 Å². The minimum absolute atomic E-state index is 0.468. The molecule has 3 nitrogen and oxygen atoms in total. The molecule has 3 aromatic rings. The SMILES string of the molecule is Cc1cncc(C(O)c2cc3cccc(Cl)c3o2)c1. The van der Waals surface area contributed by atoms with E-state index in [2.05, 4.69) is 4.98 Å². The molecule has 0 fully saturated rings. The van der Waals surface area contributed by atoms with Crippen molar-refractivity contribution in [1.29, 1.82) is 0 Å². The molecule has 1 atom stereocenters. The van der Waals surface area contributed by atoms with Gasteiger partial charge in [-0.3, -0.25) is 4.98 Å². The van der Waals surface area contributed by atoms with Crippen LogP contribution in [0.25, 0.3) is 11.0 Å². The van der Waals surface area contributed by atoms with Crippen molar-refractivity contribution in [3.8, 4) is 0 Å². The van der Waals surface area contributed by atoms with Crippen LogP contribution in [0.1, 0.15) is 23.0 Å². The molecule has 2 aromatic heterocycles. The molecule has 3 rings (SSSR count). The first-order valence-electron chi connectivity index (χ1n) is 5.93. The van der Waals surface area contributed by atoms with E-state index in [9.17, 15) is 5.11 Å². The van der Waals surface area contributed by atoms with Gasteiger partial charge in [0, 0.05) is 23.3 Å². The lowest BCUT2D eigenvalue weighted by molar-refractivity contribution is 0.192. The number of aliphatic hydroxyl groups is 1. The molecule has 19 heavy (non-hydrogen) atoms. The van der Waals surface area contributed by atoms with Gasteiger partial charge in [-0.25, -0.2) is 0 Å². The Morgan fingerprint density at radius 1 is 1.26 bits per heavy atom. The van der Waals surface area contributed by atoms with Crippen LogP contribution in [0.4, 0.5) is 0 Å². The summed E-state index contributed by atoms with van der Waals surface area (Å²) in [7, 11) is 0. The molecular weight excluding hydrogens is 262 g/mol. The lowest BCUT2D eigenvalue weighted by Crippen LogP contribution is -1.99. The Balaban J connectivity index is 2.06. The highest BCUT2D eigenvalue weighted by Crippen LogP contribution is 2.31. The number of pyridine rings is 1. The molecule has 1 unspecified atom stereocenters. The standard InChI is InChI=1S/C15H12ClNO2/c1-9-5-11(8-17-7-9)14(18)13-6-10-3-2-4-12(16)15(10)19-13/h2-8,14,18H,1H3. The van der Waals surface area contributed by atoms with Gasteiger partial charge in [0.25, 0.3) is 0 Å². The van der Waals surface area contributed by atoms with Crippen molar-refractivity contribution >= 4 is 22.6 Å². The second-order valence-corrected chi connectivity index (χ2v) is 4.91. The zero-order chi connectivity index (χ0) is 13.4. The number of aliphatic hydroxyl groups excluding tert-OH is 1. The third-order valence-electron chi connectivity index (χ3n) is 3.00. The molecule has 0 saturated heterocycles. The number of benzene rings is 1. The van der Waals surface area contributed by atoms with E-state index in [-0.39, 0.29) is 0 Å². The summed E-state index contributed by atoms with van der Waals surface area (Å²) < 4.78 is 5.65. The smallest absolute Gasteiger partial charge is 0.153 e. The topological polar surface area (TPSA) is 46.3 Å². The maximum Gasteiger partial charge on any atom is 0.153 e. The molecule has 0 amide bonds. The molecule has 0 aliphatic heterocycles. The number of aromatic nitrogens is 1. The molecule has 1 N–H and O–H groups in total. The van der Waals surface area contributed by atoms with Crippen molar-refractivity contribution in [3.05, 3.63) is 64.6 Å². The minimum atomic E-state index is -0.837. The van der Waals surface area contributed by atoms with Gasteiger partial charge in [0.2, 0.25) is 0 Å². The Hall–Kier alpha value is -1.84. The fourth-order valence-electron chi connectivity index (χ4n) is 2.07. The average molecular weight is 274 g/mol. The summed E-state index contributed by atoms with van der Waals surface area (Å²) >= 11 is 6.06. The van der Waals surface area contributed by atoms with E-state index < -0.39 is 6.10 Å².